The lowest BCUT2D eigenvalue weighted by Crippen LogP contribution is -2.52. The number of carbonyl (C=O) groups is 3. The van der Waals surface area contributed by atoms with Crippen molar-refractivity contribution in [3.8, 4) is 0 Å². The Morgan fingerprint density at radius 3 is 2.42 bits per heavy atom. The number of halogens is 1. The van der Waals surface area contributed by atoms with Crippen molar-refractivity contribution in [2.45, 2.75) is 6.04 Å². The number of nitrogens with zero attached hydrogens (tertiary/aromatic N) is 2. The predicted octanol–water partition coefficient (Wildman–Crippen LogP) is 0.627. The van der Waals surface area contributed by atoms with Crippen LogP contribution < -0.4 is 10.6 Å². The molecule has 0 aliphatic carbocycles. The van der Waals surface area contributed by atoms with Crippen molar-refractivity contribution in [3.05, 3.63) is 34.9 Å². The van der Waals surface area contributed by atoms with Gasteiger partial charge < -0.3 is 10.1 Å². The van der Waals surface area contributed by atoms with Crippen LogP contribution in [0.5, 0.6) is 0 Å². The molecule has 0 radical (unpaired) electrons. The lowest BCUT2D eigenvalue weighted by Gasteiger charge is -2.38. The van der Waals surface area contributed by atoms with Crippen molar-refractivity contribution in [2.75, 3.05) is 46.9 Å². The number of nitrogens with one attached hydrogen (secondary N) is 2. The summed E-state index contributed by atoms with van der Waals surface area (Å²) in [5.41, 5.74) is 0.701. The first-order valence-electron chi connectivity index (χ1n) is 8.26. The number of urea groups is 1. The largest absolute Gasteiger partial charge is 0.468 e. The average molecular weight is 383 g/mol. The van der Waals surface area contributed by atoms with Gasteiger partial charge in [0.2, 0.25) is 5.91 Å². The van der Waals surface area contributed by atoms with Crippen LogP contribution >= 0.6 is 11.6 Å². The second kappa shape index (κ2) is 9.51. The number of carbonyl (C=O) groups excluding carboxylic acids is 3. The van der Waals surface area contributed by atoms with Crippen LogP contribution in [0, 0.1) is 0 Å². The molecule has 0 saturated carbocycles. The van der Waals surface area contributed by atoms with Crippen molar-refractivity contribution in [3.63, 3.8) is 0 Å². The number of esters is 1. The molecule has 0 spiro atoms. The van der Waals surface area contributed by atoms with Crippen molar-refractivity contribution in [1.29, 1.82) is 0 Å². The van der Waals surface area contributed by atoms with E-state index >= 15 is 0 Å². The van der Waals surface area contributed by atoms with Crippen LogP contribution in [0.4, 0.5) is 4.79 Å². The van der Waals surface area contributed by atoms with E-state index in [-0.39, 0.29) is 18.4 Å². The minimum Gasteiger partial charge on any atom is -0.468 e. The summed E-state index contributed by atoms with van der Waals surface area (Å²) in [6, 6.07) is 6.08. The molecule has 1 fully saturated rings. The third-order valence-corrected chi connectivity index (χ3v) is 4.59. The maximum Gasteiger partial charge on any atom is 0.327 e. The van der Waals surface area contributed by atoms with E-state index in [1.165, 1.54) is 14.2 Å². The molecule has 2 rings (SSSR count). The quantitative estimate of drug-likeness (QED) is 0.726. The average Bonchev–Trinajstić information content (AvgIpc) is 2.64. The third-order valence-electron chi connectivity index (χ3n) is 4.24. The van der Waals surface area contributed by atoms with Gasteiger partial charge in [0.15, 0.2) is 0 Å². The first-order chi connectivity index (χ1) is 12.5. The van der Waals surface area contributed by atoms with Gasteiger partial charge in [-0.3, -0.25) is 19.9 Å². The van der Waals surface area contributed by atoms with Crippen molar-refractivity contribution >= 4 is 29.5 Å². The second-order valence-corrected chi connectivity index (χ2v) is 6.29. The third kappa shape index (κ3) is 5.17. The van der Waals surface area contributed by atoms with Gasteiger partial charge in [0.25, 0.3) is 0 Å². The zero-order valence-corrected chi connectivity index (χ0v) is 15.6. The van der Waals surface area contributed by atoms with Crippen LogP contribution in [0.2, 0.25) is 5.02 Å². The van der Waals surface area contributed by atoms with Crippen LogP contribution in [0.25, 0.3) is 0 Å². The summed E-state index contributed by atoms with van der Waals surface area (Å²) in [5, 5.41) is 5.08. The van der Waals surface area contributed by atoms with E-state index < -0.39 is 12.1 Å². The molecule has 1 aliphatic rings. The number of rotatable bonds is 5. The fourth-order valence-electron chi connectivity index (χ4n) is 2.89. The van der Waals surface area contributed by atoms with E-state index in [1.807, 2.05) is 28.0 Å². The molecule has 1 aliphatic heterocycles. The van der Waals surface area contributed by atoms with Gasteiger partial charge >= 0.3 is 12.0 Å². The van der Waals surface area contributed by atoms with E-state index in [9.17, 15) is 14.4 Å². The standard InChI is InChI=1S/C17H23ClN4O4/c1-19-17(25)20-14(23)11-21-7-9-22(10-8-21)15(16(24)26-2)12-5-3-4-6-13(12)18/h3-6,15H,7-11H2,1-2H3,(H2,19,20,23,25). The highest BCUT2D eigenvalue weighted by atomic mass is 35.5. The Balaban J connectivity index is 1.99. The van der Waals surface area contributed by atoms with Gasteiger partial charge in [-0.25, -0.2) is 9.59 Å². The van der Waals surface area contributed by atoms with Crippen LogP contribution in [-0.4, -0.2) is 74.6 Å². The fraction of sp³-hybridized carbons (Fsp3) is 0.471. The Bertz CT molecular complexity index is 662. The molecule has 26 heavy (non-hydrogen) atoms. The normalized spacial score (nSPS) is 16.6. The minimum absolute atomic E-state index is 0.121. The molecule has 0 bridgehead atoms. The Morgan fingerprint density at radius 2 is 1.85 bits per heavy atom. The summed E-state index contributed by atoms with van der Waals surface area (Å²) in [6.45, 7) is 2.42. The van der Waals surface area contributed by atoms with E-state index in [2.05, 4.69) is 10.6 Å². The van der Waals surface area contributed by atoms with E-state index in [0.29, 0.717) is 36.8 Å². The van der Waals surface area contributed by atoms with Crippen LogP contribution in [0.1, 0.15) is 11.6 Å². The number of ether oxygens (including phenoxy) is 1. The molecular formula is C17H23ClN4O4. The maximum atomic E-state index is 12.3. The number of piperazine rings is 1. The molecule has 1 heterocycles. The lowest BCUT2D eigenvalue weighted by molar-refractivity contribution is -0.148. The summed E-state index contributed by atoms with van der Waals surface area (Å²) in [6.07, 6.45) is 0. The number of imide groups is 1. The molecule has 1 saturated heterocycles. The summed E-state index contributed by atoms with van der Waals surface area (Å²) in [4.78, 5) is 39.2. The molecule has 1 aromatic rings. The Kier molecular flexibility index (Phi) is 7.38. The Labute approximate surface area is 157 Å². The SMILES string of the molecule is CNC(=O)NC(=O)CN1CCN(C(C(=O)OC)c2ccccc2Cl)CC1. The minimum atomic E-state index is -0.587. The fourth-order valence-corrected chi connectivity index (χ4v) is 3.13. The summed E-state index contributed by atoms with van der Waals surface area (Å²) in [5.74, 6) is -0.739. The van der Waals surface area contributed by atoms with Crippen molar-refractivity contribution in [1.82, 2.24) is 20.4 Å². The maximum absolute atomic E-state index is 12.3. The molecule has 2 N–H and O–H groups in total. The first kappa shape index (κ1) is 20.2. The molecule has 1 atom stereocenters. The molecule has 9 heteroatoms. The second-order valence-electron chi connectivity index (χ2n) is 5.89. The van der Waals surface area contributed by atoms with Gasteiger partial charge in [-0.15, -0.1) is 0 Å². The summed E-state index contributed by atoms with van der Waals surface area (Å²) >= 11 is 6.26. The highest BCUT2D eigenvalue weighted by Gasteiger charge is 2.32. The molecule has 1 aromatic carbocycles. The smallest absolute Gasteiger partial charge is 0.327 e. The number of amides is 3. The van der Waals surface area contributed by atoms with Crippen molar-refractivity contribution < 1.29 is 19.1 Å². The van der Waals surface area contributed by atoms with Gasteiger partial charge in [0.1, 0.15) is 6.04 Å². The first-order valence-corrected chi connectivity index (χ1v) is 8.64. The number of hydrogen-bond donors (Lipinski definition) is 2. The van der Waals surface area contributed by atoms with Gasteiger partial charge in [0, 0.05) is 38.2 Å². The number of methoxy groups -OCH3 is 1. The van der Waals surface area contributed by atoms with Gasteiger partial charge in [0.05, 0.1) is 13.7 Å². The summed E-state index contributed by atoms with van der Waals surface area (Å²) in [7, 11) is 2.80. The van der Waals surface area contributed by atoms with Crippen LogP contribution in [-0.2, 0) is 14.3 Å². The van der Waals surface area contributed by atoms with Crippen molar-refractivity contribution in [2.24, 2.45) is 0 Å². The van der Waals surface area contributed by atoms with Gasteiger partial charge in [-0.05, 0) is 11.6 Å². The van der Waals surface area contributed by atoms with Gasteiger partial charge in [-0.1, -0.05) is 29.8 Å². The molecular weight excluding hydrogens is 360 g/mol. The Hall–Kier alpha value is -2.16. The molecule has 1 unspecified atom stereocenters. The predicted molar refractivity (Wildman–Crippen MR) is 96.8 cm³/mol. The number of benzene rings is 1. The molecule has 3 amide bonds. The summed E-state index contributed by atoms with van der Waals surface area (Å²) < 4.78 is 4.96. The number of hydrogen-bond acceptors (Lipinski definition) is 6. The molecule has 142 valence electrons. The monoisotopic (exact) mass is 382 g/mol. The van der Waals surface area contributed by atoms with Crippen LogP contribution in [0.3, 0.4) is 0 Å². The highest BCUT2D eigenvalue weighted by Crippen LogP contribution is 2.29. The topological polar surface area (TPSA) is 91.0 Å². The Morgan fingerprint density at radius 1 is 1.19 bits per heavy atom. The zero-order chi connectivity index (χ0) is 19.1. The molecule has 8 nitrogen and oxygen atoms in total. The molecule has 0 aromatic heterocycles. The van der Waals surface area contributed by atoms with E-state index in [1.54, 1.807) is 6.07 Å². The lowest BCUT2D eigenvalue weighted by atomic mass is 10.0. The van der Waals surface area contributed by atoms with E-state index in [0.717, 1.165) is 0 Å². The van der Waals surface area contributed by atoms with Crippen LogP contribution in [0.15, 0.2) is 24.3 Å². The highest BCUT2D eigenvalue weighted by molar-refractivity contribution is 6.31. The zero-order valence-electron chi connectivity index (χ0n) is 14.8. The van der Waals surface area contributed by atoms with Gasteiger partial charge in [-0.2, -0.15) is 0 Å². The van der Waals surface area contributed by atoms with E-state index in [4.69, 9.17) is 16.3 Å².